The van der Waals surface area contributed by atoms with Crippen molar-refractivity contribution in [3.63, 3.8) is 0 Å². The van der Waals surface area contributed by atoms with Crippen molar-refractivity contribution in [2.75, 3.05) is 13.2 Å². The Labute approximate surface area is 113 Å². The minimum absolute atomic E-state index is 0.158. The lowest BCUT2D eigenvalue weighted by molar-refractivity contribution is 0.0474. The summed E-state index contributed by atoms with van der Waals surface area (Å²) in [4.78, 5) is 26.7. The van der Waals surface area contributed by atoms with Gasteiger partial charge in [0.15, 0.2) is 0 Å². The molecule has 5 nitrogen and oxygen atoms in total. The summed E-state index contributed by atoms with van der Waals surface area (Å²) < 4.78 is 9.97. The summed E-state index contributed by atoms with van der Waals surface area (Å²) >= 11 is 0. The third-order valence-electron chi connectivity index (χ3n) is 2.65. The van der Waals surface area contributed by atoms with Gasteiger partial charge in [0.05, 0.1) is 18.8 Å². The fourth-order valence-corrected chi connectivity index (χ4v) is 1.79. The predicted molar refractivity (Wildman–Crippen MR) is 71.4 cm³/mol. The van der Waals surface area contributed by atoms with E-state index in [1.807, 2.05) is 20.8 Å². The highest BCUT2D eigenvalue weighted by molar-refractivity contribution is 6.03. The molecular weight excluding hydrogens is 246 g/mol. The molecule has 0 unspecified atom stereocenters. The number of ether oxygens (including phenoxy) is 2. The number of esters is 2. The lowest BCUT2D eigenvalue weighted by Gasteiger charge is -2.19. The molecule has 1 N–H and O–H groups in total. The highest BCUT2D eigenvalue weighted by atomic mass is 16.5. The van der Waals surface area contributed by atoms with Crippen LogP contribution in [-0.2, 0) is 14.9 Å². The molecule has 1 rings (SSSR count). The second-order valence-electron chi connectivity index (χ2n) is 5.14. The molecule has 19 heavy (non-hydrogen) atoms. The van der Waals surface area contributed by atoms with Gasteiger partial charge in [0.1, 0.15) is 5.69 Å². The van der Waals surface area contributed by atoms with E-state index in [9.17, 15) is 9.59 Å². The highest BCUT2D eigenvalue weighted by Gasteiger charge is 2.30. The Balaban J connectivity index is 3.30. The zero-order chi connectivity index (χ0) is 14.6. The van der Waals surface area contributed by atoms with Gasteiger partial charge in [0, 0.05) is 6.20 Å². The van der Waals surface area contributed by atoms with Crippen molar-refractivity contribution >= 4 is 11.9 Å². The average Bonchev–Trinajstić information content (AvgIpc) is 2.73. The van der Waals surface area contributed by atoms with Gasteiger partial charge >= 0.3 is 11.9 Å². The van der Waals surface area contributed by atoms with Gasteiger partial charge in [-0.15, -0.1) is 0 Å². The monoisotopic (exact) mass is 267 g/mol. The zero-order valence-corrected chi connectivity index (χ0v) is 12.1. The average molecular weight is 267 g/mol. The van der Waals surface area contributed by atoms with Gasteiger partial charge in [0.2, 0.25) is 0 Å². The summed E-state index contributed by atoms with van der Waals surface area (Å²) in [6.45, 7) is 9.86. The molecule has 0 saturated heterocycles. The largest absolute Gasteiger partial charge is 0.462 e. The first-order valence-electron chi connectivity index (χ1n) is 6.39. The Morgan fingerprint density at radius 2 is 1.63 bits per heavy atom. The Kier molecular flexibility index (Phi) is 4.75. The van der Waals surface area contributed by atoms with Gasteiger partial charge in [-0.05, 0) is 24.8 Å². The van der Waals surface area contributed by atoms with E-state index in [1.54, 1.807) is 20.0 Å². The van der Waals surface area contributed by atoms with Crippen LogP contribution in [0.1, 0.15) is 61.0 Å². The summed E-state index contributed by atoms with van der Waals surface area (Å²) in [5.41, 5.74) is 0.899. The Hall–Kier alpha value is -1.78. The van der Waals surface area contributed by atoms with E-state index in [2.05, 4.69) is 4.98 Å². The van der Waals surface area contributed by atoms with Crippen molar-refractivity contribution in [2.24, 2.45) is 0 Å². The smallest absolute Gasteiger partial charge is 0.355 e. The van der Waals surface area contributed by atoms with Crippen LogP contribution in [0.5, 0.6) is 0 Å². The normalized spacial score (nSPS) is 11.2. The maximum atomic E-state index is 12.1. The van der Waals surface area contributed by atoms with Gasteiger partial charge in [-0.3, -0.25) is 0 Å². The van der Waals surface area contributed by atoms with Crippen LogP contribution in [-0.4, -0.2) is 30.1 Å². The van der Waals surface area contributed by atoms with Crippen LogP contribution in [0.4, 0.5) is 0 Å². The first kappa shape index (κ1) is 15.3. The van der Waals surface area contributed by atoms with Crippen LogP contribution >= 0.6 is 0 Å². The van der Waals surface area contributed by atoms with Gasteiger partial charge in [0.25, 0.3) is 0 Å². The molecule has 1 heterocycles. The number of H-pyrrole nitrogens is 1. The van der Waals surface area contributed by atoms with Gasteiger partial charge in [-0.25, -0.2) is 9.59 Å². The number of aromatic amines is 1. The lowest BCUT2D eigenvalue weighted by Crippen LogP contribution is -2.19. The van der Waals surface area contributed by atoms with Crippen molar-refractivity contribution in [1.29, 1.82) is 0 Å². The van der Waals surface area contributed by atoms with E-state index < -0.39 is 11.9 Å². The number of nitrogens with one attached hydrogen (secondary N) is 1. The van der Waals surface area contributed by atoms with Crippen LogP contribution in [0.25, 0.3) is 0 Å². The lowest BCUT2D eigenvalue weighted by atomic mass is 9.85. The zero-order valence-electron chi connectivity index (χ0n) is 12.1. The highest BCUT2D eigenvalue weighted by Crippen LogP contribution is 2.29. The second kappa shape index (κ2) is 5.91. The summed E-state index contributed by atoms with van der Waals surface area (Å²) in [5.74, 6) is -1.04. The van der Waals surface area contributed by atoms with Crippen molar-refractivity contribution in [2.45, 2.75) is 40.0 Å². The van der Waals surface area contributed by atoms with Crippen molar-refractivity contribution in [3.05, 3.63) is 23.0 Å². The summed E-state index contributed by atoms with van der Waals surface area (Å²) in [6.07, 6.45) is 1.67. The van der Waals surface area contributed by atoms with Gasteiger partial charge < -0.3 is 14.5 Å². The van der Waals surface area contributed by atoms with Crippen LogP contribution in [0.2, 0.25) is 0 Å². The van der Waals surface area contributed by atoms with Crippen molar-refractivity contribution in [1.82, 2.24) is 4.98 Å². The van der Waals surface area contributed by atoms with E-state index in [4.69, 9.17) is 9.47 Å². The molecule has 0 aliphatic rings. The van der Waals surface area contributed by atoms with Crippen molar-refractivity contribution < 1.29 is 19.1 Å². The first-order valence-corrected chi connectivity index (χ1v) is 6.39. The van der Waals surface area contributed by atoms with Crippen LogP contribution < -0.4 is 0 Å². The summed E-state index contributed by atoms with van der Waals surface area (Å²) in [5, 5.41) is 0. The fraction of sp³-hybridized carbons (Fsp3) is 0.571. The number of hydrogen-bond donors (Lipinski definition) is 1. The molecule has 0 aliphatic carbocycles. The molecule has 0 aromatic carbocycles. The SMILES string of the molecule is CCOC(=O)c1[nH]cc(C(C)(C)C)c1C(=O)OCC. The summed E-state index contributed by atoms with van der Waals surface area (Å²) in [6, 6.07) is 0. The quantitative estimate of drug-likeness (QED) is 0.851. The molecule has 0 bridgehead atoms. The van der Waals surface area contributed by atoms with E-state index >= 15 is 0 Å². The van der Waals surface area contributed by atoms with E-state index in [1.165, 1.54) is 0 Å². The van der Waals surface area contributed by atoms with Crippen molar-refractivity contribution in [3.8, 4) is 0 Å². The maximum absolute atomic E-state index is 12.1. The molecule has 0 radical (unpaired) electrons. The van der Waals surface area contributed by atoms with Crippen LogP contribution in [0.3, 0.4) is 0 Å². The Bertz CT molecular complexity index is 468. The van der Waals surface area contributed by atoms with Gasteiger partial charge in [-0.1, -0.05) is 20.8 Å². The molecule has 0 fully saturated rings. The van der Waals surface area contributed by atoms with Crippen LogP contribution in [0.15, 0.2) is 6.20 Å². The number of aromatic nitrogens is 1. The molecular formula is C14H21NO4. The molecule has 0 amide bonds. The topological polar surface area (TPSA) is 68.4 Å². The third-order valence-corrected chi connectivity index (χ3v) is 2.65. The number of rotatable bonds is 4. The fourth-order valence-electron chi connectivity index (χ4n) is 1.79. The minimum atomic E-state index is -0.541. The predicted octanol–water partition coefficient (Wildman–Crippen LogP) is 2.67. The molecule has 1 aromatic rings. The van der Waals surface area contributed by atoms with E-state index in [-0.39, 0.29) is 29.9 Å². The van der Waals surface area contributed by atoms with Gasteiger partial charge in [-0.2, -0.15) is 0 Å². The Morgan fingerprint density at radius 1 is 1.11 bits per heavy atom. The standard InChI is InChI=1S/C14H21NO4/c1-6-18-12(16)10-9(14(3,4)5)8-15-11(10)13(17)19-7-2/h8,15H,6-7H2,1-5H3. The number of carbonyl (C=O) groups excluding carboxylic acids is 2. The minimum Gasteiger partial charge on any atom is -0.462 e. The number of hydrogen-bond acceptors (Lipinski definition) is 4. The van der Waals surface area contributed by atoms with E-state index in [0.29, 0.717) is 0 Å². The number of carbonyl (C=O) groups is 2. The second-order valence-corrected chi connectivity index (χ2v) is 5.14. The summed E-state index contributed by atoms with van der Waals surface area (Å²) in [7, 11) is 0. The molecule has 0 aliphatic heterocycles. The van der Waals surface area contributed by atoms with E-state index in [0.717, 1.165) is 5.56 Å². The molecule has 0 atom stereocenters. The molecule has 1 aromatic heterocycles. The van der Waals surface area contributed by atoms with Crippen LogP contribution in [0, 0.1) is 0 Å². The molecule has 5 heteroatoms. The third kappa shape index (κ3) is 3.36. The first-order chi connectivity index (χ1) is 8.82. The maximum Gasteiger partial charge on any atom is 0.355 e. The molecule has 0 saturated carbocycles. The molecule has 106 valence electrons. The Morgan fingerprint density at radius 3 is 2.11 bits per heavy atom. The molecule has 0 spiro atoms.